The number of aromatic nitrogens is 3. The molecule has 0 unspecified atom stereocenters. The second kappa shape index (κ2) is 6.33. The number of anilines is 1. The number of nitrogens with zero attached hydrogens (tertiary/aromatic N) is 3. The number of benzene rings is 1. The Kier molecular flexibility index (Phi) is 4.26. The number of amides is 1. The minimum absolute atomic E-state index is 0.163. The lowest BCUT2D eigenvalue weighted by molar-refractivity contribution is 0.102. The number of carbonyl (C=O) groups excluding carboxylic acids is 1. The lowest BCUT2D eigenvalue weighted by atomic mass is 10.1. The Morgan fingerprint density at radius 2 is 2.05 bits per heavy atom. The maximum Gasteiger partial charge on any atom is 0.269 e. The molecule has 1 aromatic carbocycles. The molecule has 0 bridgehead atoms. The quantitative estimate of drug-likeness (QED) is 0.790. The lowest BCUT2D eigenvalue weighted by Gasteiger charge is -2.05. The molecule has 1 amide bonds. The molecule has 0 saturated heterocycles. The van der Waals surface area contributed by atoms with Gasteiger partial charge < -0.3 is 5.32 Å². The van der Waals surface area contributed by atoms with Crippen molar-refractivity contribution >= 4 is 34.5 Å². The van der Waals surface area contributed by atoms with Gasteiger partial charge >= 0.3 is 0 Å². The Labute approximate surface area is 136 Å². The van der Waals surface area contributed by atoms with Gasteiger partial charge in [0.05, 0.1) is 16.4 Å². The van der Waals surface area contributed by atoms with E-state index in [0.717, 1.165) is 39.2 Å². The molecule has 0 aliphatic carbocycles. The Bertz CT molecular complexity index is 792. The van der Waals surface area contributed by atoms with Crippen LogP contribution in [0.1, 0.15) is 27.3 Å². The molecule has 22 heavy (non-hydrogen) atoms. The summed E-state index contributed by atoms with van der Waals surface area (Å²) in [6.45, 7) is 3.94. The summed E-state index contributed by atoms with van der Waals surface area (Å²) in [5.41, 5.74) is 3.48. The summed E-state index contributed by atoms with van der Waals surface area (Å²) in [5.74, 6) is -0.163. The van der Waals surface area contributed by atoms with Crippen LogP contribution in [0, 0.1) is 6.92 Å². The van der Waals surface area contributed by atoms with E-state index in [9.17, 15) is 4.79 Å². The summed E-state index contributed by atoms with van der Waals surface area (Å²) < 4.78 is 3.84. The summed E-state index contributed by atoms with van der Waals surface area (Å²) in [7, 11) is 0. The fraction of sp³-hybridized carbons (Fsp3) is 0.200. The van der Waals surface area contributed by atoms with Crippen LogP contribution in [0.2, 0.25) is 0 Å². The number of carbonyl (C=O) groups is 1. The highest BCUT2D eigenvalue weighted by Gasteiger charge is 2.15. The van der Waals surface area contributed by atoms with Crippen molar-refractivity contribution in [2.45, 2.75) is 20.3 Å². The number of aryl methyl sites for hydroxylation is 2. The molecule has 1 N–H and O–H groups in total. The minimum Gasteiger partial charge on any atom is -0.321 e. The van der Waals surface area contributed by atoms with Gasteiger partial charge in [0.25, 0.3) is 5.91 Å². The van der Waals surface area contributed by atoms with Gasteiger partial charge in [-0.3, -0.25) is 4.79 Å². The first-order valence-corrected chi connectivity index (χ1v) is 8.48. The summed E-state index contributed by atoms with van der Waals surface area (Å²) in [5, 5.41) is 9.90. The molecule has 7 heteroatoms. The fourth-order valence-electron chi connectivity index (χ4n) is 2.02. The van der Waals surface area contributed by atoms with E-state index in [1.165, 1.54) is 0 Å². The van der Waals surface area contributed by atoms with Gasteiger partial charge in [0.2, 0.25) is 0 Å². The predicted octanol–water partition coefficient (Wildman–Crippen LogP) is 3.78. The first-order chi connectivity index (χ1) is 10.7. The molecule has 0 spiro atoms. The van der Waals surface area contributed by atoms with Crippen molar-refractivity contribution in [3.05, 3.63) is 45.2 Å². The average Bonchev–Trinajstić information content (AvgIpc) is 3.16. The highest BCUT2D eigenvalue weighted by Crippen LogP contribution is 2.23. The van der Waals surface area contributed by atoms with Crippen LogP contribution in [-0.4, -0.2) is 20.5 Å². The van der Waals surface area contributed by atoms with Crippen molar-refractivity contribution in [1.82, 2.24) is 14.6 Å². The Morgan fingerprint density at radius 1 is 1.27 bits per heavy atom. The molecule has 0 saturated carbocycles. The van der Waals surface area contributed by atoms with E-state index < -0.39 is 0 Å². The van der Waals surface area contributed by atoms with Crippen molar-refractivity contribution in [2.24, 2.45) is 0 Å². The van der Waals surface area contributed by atoms with Crippen LogP contribution in [-0.2, 0) is 6.42 Å². The average molecular weight is 330 g/mol. The number of thiazole rings is 1. The zero-order chi connectivity index (χ0) is 15.5. The minimum atomic E-state index is -0.163. The third-order valence-corrected chi connectivity index (χ3v) is 4.69. The Hall–Kier alpha value is -2.12. The zero-order valence-corrected chi connectivity index (χ0v) is 13.8. The second-order valence-electron chi connectivity index (χ2n) is 4.69. The maximum absolute atomic E-state index is 12.2. The topological polar surface area (TPSA) is 67.8 Å². The molecule has 0 atom stereocenters. The van der Waals surface area contributed by atoms with Crippen LogP contribution in [0.3, 0.4) is 0 Å². The molecule has 0 aliphatic rings. The molecule has 0 fully saturated rings. The van der Waals surface area contributed by atoms with Crippen molar-refractivity contribution < 1.29 is 4.79 Å². The molecular formula is C15H14N4OS2. The van der Waals surface area contributed by atoms with Gasteiger partial charge in [-0.05, 0) is 37.0 Å². The molecule has 3 rings (SSSR count). The third kappa shape index (κ3) is 3.05. The van der Waals surface area contributed by atoms with E-state index in [1.807, 2.05) is 43.5 Å². The van der Waals surface area contributed by atoms with E-state index in [1.54, 1.807) is 11.3 Å². The van der Waals surface area contributed by atoms with Crippen LogP contribution >= 0.6 is 22.9 Å². The van der Waals surface area contributed by atoms with E-state index in [2.05, 4.69) is 19.9 Å². The molecule has 0 radical (unpaired) electrons. The molecule has 5 nitrogen and oxygen atoms in total. The maximum atomic E-state index is 12.2. The summed E-state index contributed by atoms with van der Waals surface area (Å²) >= 11 is 2.75. The van der Waals surface area contributed by atoms with E-state index in [0.29, 0.717) is 11.3 Å². The standard InChI is InChI=1S/C15H14N4OS2/c1-3-12-14(22-19-18-12)15(20)17-11-6-4-10(5-7-11)13-8-21-9(2)16-13/h4-8H,3H2,1-2H3,(H,17,20). The van der Waals surface area contributed by atoms with Crippen molar-refractivity contribution in [3.63, 3.8) is 0 Å². The second-order valence-corrected chi connectivity index (χ2v) is 6.50. The molecular weight excluding hydrogens is 316 g/mol. The molecule has 3 aromatic rings. The van der Waals surface area contributed by atoms with Gasteiger partial charge in [-0.25, -0.2) is 4.98 Å². The number of hydrogen-bond acceptors (Lipinski definition) is 6. The molecule has 2 heterocycles. The first kappa shape index (κ1) is 14.8. The smallest absolute Gasteiger partial charge is 0.269 e. The summed E-state index contributed by atoms with van der Waals surface area (Å²) in [6, 6.07) is 7.66. The van der Waals surface area contributed by atoms with Gasteiger partial charge in [-0.15, -0.1) is 16.4 Å². The van der Waals surface area contributed by atoms with Crippen molar-refractivity contribution in [2.75, 3.05) is 5.32 Å². The molecule has 2 aromatic heterocycles. The first-order valence-electron chi connectivity index (χ1n) is 6.82. The fourth-order valence-corrected chi connectivity index (χ4v) is 3.29. The summed E-state index contributed by atoms with van der Waals surface area (Å²) in [4.78, 5) is 17.2. The largest absolute Gasteiger partial charge is 0.321 e. The van der Waals surface area contributed by atoms with Gasteiger partial charge in [0.15, 0.2) is 0 Å². The monoisotopic (exact) mass is 330 g/mol. The van der Waals surface area contributed by atoms with Crippen LogP contribution in [0.15, 0.2) is 29.6 Å². The normalized spacial score (nSPS) is 10.6. The lowest BCUT2D eigenvalue weighted by Crippen LogP contribution is -2.12. The number of hydrogen-bond donors (Lipinski definition) is 1. The highest BCUT2D eigenvalue weighted by atomic mass is 32.1. The van der Waals surface area contributed by atoms with E-state index in [4.69, 9.17) is 0 Å². The highest BCUT2D eigenvalue weighted by molar-refractivity contribution is 7.09. The zero-order valence-electron chi connectivity index (χ0n) is 12.2. The van der Waals surface area contributed by atoms with Gasteiger partial charge in [0.1, 0.15) is 4.88 Å². The number of nitrogens with one attached hydrogen (secondary N) is 1. The van der Waals surface area contributed by atoms with Gasteiger partial charge in [0, 0.05) is 16.6 Å². The van der Waals surface area contributed by atoms with Gasteiger partial charge in [-0.1, -0.05) is 23.5 Å². The van der Waals surface area contributed by atoms with Crippen molar-refractivity contribution in [1.29, 1.82) is 0 Å². The Balaban J connectivity index is 1.75. The van der Waals surface area contributed by atoms with Gasteiger partial charge in [-0.2, -0.15) is 0 Å². The Morgan fingerprint density at radius 3 is 2.68 bits per heavy atom. The SMILES string of the molecule is CCc1nnsc1C(=O)Nc1ccc(-c2csc(C)n2)cc1. The number of rotatable bonds is 4. The predicted molar refractivity (Wildman–Crippen MR) is 89.5 cm³/mol. The third-order valence-electron chi connectivity index (χ3n) is 3.15. The molecule has 112 valence electrons. The summed E-state index contributed by atoms with van der Waals surface area (Å²) in [6.07, 6.45) is 0.696. The van der Waals surface area contributed by atoms with Crippen LogP contribution in [0.4, 0.5) is 5.69 Å². The van der Waals surface area contributed by atoms with Crippen LogP contribution in [0.5, 0.6) is 0 Å². The van der Waals surface area contributed by atoms with Crippen LogP contribution < -0.4 is 5.32 Å². The van der Waals surface area contributed by atoms with Crippen LogP contribution in [0.25, 0.3) is 11.3 Å². The van der Waals surface area contributed by atoms with E-state index >= 15 is 0 Å². The van der Waals surface area contributed by atoms with E-state index in [-0.39, 0.29) is 5.91 Å². The van der Waals surface area contributed by atoms with Crippen molar-refractivity contribution in [3.8, 4) is 11.3 Å². The molecule has 0 aliphatic heterocycles.